The van der Waals surface area contributed by atoms with Gasteiger partial charge in [0, 0.05) is 62.8 Å². The van der Waals surface area contributed by atoms with Crippen LogP contribution in [0.4, 0.5) is 11.4 Å². The highest BCUT2D eigenvalue weighted by atomic mass is 32.1. The second-order valence-corrected chi connectivity index (χ2v) is 10.8. The largest absolute Gasteiger partial charge is 0.398 e. The van der Waals surface area contributed by atoms with Crippen LogP contribution in [0.3, 0.4) is 0 Å². The molecule has 2 nitrogen and oxygen atoms in total. The zero-order valence-corrected chi connectivity index (χ0v) is 19.8. The number of hydrogen-bond acceptors (Lipinski definition) is 4. The average molecular weight is 473 g/mol. The Bertz CT molecular complexity index is 1890. The van der Waals surface area contributed by atoms with Crippen LogP contribution in [0, 0.1) is 0 Å². The Morgan fingerprint density at radius 2 is 1.00 bits per heavy atom. The van der Waals surface area contributed by atoms with Crippen LogP contribution in [0.2, 0.25) is 0 Å². The molecule has 34 heavy (non-hydrogen) atoms. The molecule has 5 aromatic carbocycles. The normalized spacial score (nSPS) is 11.8. The van der Waals surface area contributed by atoms with Gasteiger partial charge in [0.25, 0.3) is 0 Å². The third-order valence-electron chi connectivity index (χ3n) is 6.63. The zero-order chi connectivity index (χ0) is 22.8. The molecule has 7 aromatic rings. The van der Waals surface area contributed by atoms with Gasteiger partial charge < -0.3 is 11.5 Å². The van der Waals surface area contributed by atoms with Crippen molar-refractivity contribution in [2.75, 3.05) is 11.5 Å². The van der Waals surface area contributed by atoms with E-state index in [0.717, 1.165) is 27.9 Å². The van der Waals surface area contributed by atoms with E-state index in [0.29, 0.717) is 5.69 Å². The molecular weight excluding hydrogens is 452 g/mol. The highest BCUT2D eigenvalue weighted by Gasteiger charge is 2.15. The number of nitrogen functional groups attached to an aromatic ring is 2. The molecule has 4 N–H and O–H groups in total. The van der Waals surface area contributed by atoms with Crippen LogP contribution in [0.1, 0.15) is 0 Å². The van der Waals surface area contributed by atoms with Crippen molar-refractivity contribution in [2.45, 2.75) is 0 Å². The second-order valence-electron chi connectivity index (χ2n) is 8.61. The number of rotatable bonds is 2. The molecule has 0 spiro atoms. The molecule has 2 aromatic heterocycles. The maximum absolute atomic E-state index is 6.84. The average Bonchev–Trinajstić information content (AvgIpc) is 3.42. The summed E-state index contributed by atoms with van der Waals surface area (Å²) in [6, 6.07) is 34.3. The molecule has 0 amide bonds. The summed E-state index contributed by atoms with van der Waals surface area (Å²) in [7, 11) is 0. The fourth-order valence-electron chi connectivity index (χ4n) is 4.99. The molecule has 0 aliphatic heterocycles. The van der Waals surface area contributed by atoms with Crippen LogP contribution in [0.25, 0.3) is 62.6 Å². The molecule has 0 saturated carbocycles. The van der Waals surface area contributed by atoms with Crippen LogP contribution in [-0.2, 0) is 0 Å². The summed E-state index contributed by atoms with van der Waals surface area (Å²) < 4.78 is 5.15. The zero-order valence-electron chi connectivity index (χ0n) is 18.2. The van der Waals surface area contributed by atoms with Gasteiger partial charge in [-0.25, -0.2) is 0 Å². The topological polar surface area (TPSA) is 52.0 Å². The lowest BCUT2D eigenvalue weighted by molar-refractivity contribution is 1.60. The van der Waals surface area contributed by atoms with Crippen LogP contribution in [0.15, 0.2) is 97.1 Å². The van der Waals surface area contributed by atoms with Crippen LogP contribution in [-0.4, -0.2) is 0 Å². The molecule has 0 aliphatic rings. The van der Waals surface area contributed by atoms with Crippen molar-refractivity contribution in [3.05, 3.63) is 97.1 Å². The fraction of sp³-hybridized carbons (Fsp3) is 0. The van der Waals surface area contributed by atoms with Crippen molar-refractivity contribution >= 4 is 74.4 Å². The SMILES string of the molecule is Nc1ccc(-c2ccc3sc4ccccc4c3c2)c(N)c1-c1ccc2sc3ccccc3c2c1. The summed E-state index contributed by atoms with van der Waals surface area (Å²) in [6.45, 7) is 0. The molecule has 0 radical (unpaired) electrons. The number of fused-ring (bicyclic) bond motifs is 6. The lowest BCUT2D eigenvalue weighted by Gasteiger charge is -2.15. The monoisotopic (exact) mass is 472 g/mol. The van der Waals surface area contributed by atoms with Crippen molar-refractivity contribution in [1.29, 1.82) is 0 Å². The molecule has 162 valence electrons. The lowest BCUT2D eigenvalue weighted by atomic mass is 9.93. The first-order valence-corrected chi connectivity index (χ1v) is 12.8. The molecule has 2 heterocycles. The number of nitrogens with two attached hydrogens (primary N) is 2. The van der Waals surface area contributed by atoms with E-state index in [1.165, 1.54) is 40.3 Å². The lowest BCUT2D eigenvalue weighted by Crippen LogP contribution is -1.99. The van der Waals surface area contributed by atoms with Crippen molar-refractivity contribution < 1.29 is 0 Å². The third-order valence-corrected chi connectivity index (χ3v) is 8.93. The first-order chi connectivity index (χ1) is 16.7. The van der Waals surface area contributed by atoms with Crippen molar-refractivity contribution in [3.8, 4) is 22.3 Å². The van der Waals surface area contributed by atoms with Crippen molar-refractivity contribution in [1.82, 2.24) is 0 Å². The smallest absolute Gasteiger partial charge is 0.0494 e. The Labute approximate surface area is 204 Å². The van der Waals surface area contributed by atoms with E-state index in [4.69, 9.17) is 11.5 Å². The predicted molar refractivity (Wildman–Crippen MR) is 152 cm³/mol. The van der Waals surface area contributed by atoms with Gasteiger partial charge in [-0.15, -0.1) is 22.7 Å². The predicted octanol–water partition coefficient (Wildman–Crippen LogP) is 8.92. The number of benzene rings is 5. The van der Waals surface area contributed by atoms with Crippen LogP contribution in [0.5, 0.6) is 0 Å². The number of hydrogen-bond donors (Lipinski definition) is 2. The number of thiophene rings is 2. The highest BCUT2D eigenvalue weighted by molar-refractivity contribution is 7.26. The molecule has 0 aliphatic carbocycles. The highest BCUT2D eigenvalue weighted by Crippen LogP contribution is 2.43. The minimum Gasteiger partial charge on any atom is -0.398 e. The van der Waals surface area contributed by atoms with Gasteiger partial charge in [-0.3, -0.25) is 0 Å². The van der Waals surface area contributed by atoms with Gasteiger partial charge in [0.1, 0.15) is 0 Å². The molecular formula is C30H20N2S2. The Morgan fingerprint density at radius 3 is 1.65 bits per heavy atom. The Hall–Kier alpha value is -3.86. The van der Waals surface area contributed by atoms with Gasteiger partial charge in [-0.2, -0.15) is 0 Å². The van der Waals surface area contributed by atoms with Gasteiger partial charge in [0.15, 0.2) is 0 Å². The summed E-state index contributed by atoms with van der Waals surface area (Å²) in [5.41, 5.74) is 18.8. The van der Waals surface area contributed by atoms with E-state index in [1.807, 2.05) is 34.8 Å². The summed E-state index contributed by atoms with van der Waals surface area (Å²) in [5.74, 6) is 0. The van der Waals surface area contributed by atoms with Crippen LogP contribution >= 0.6 is 22.7 Å². The van der Waals surface area contributed by atoms with E-state index in [9.17, 15) is 0 Å². The molecule has 7 rings (SSSR count). The molecule has 4 heteroatoms. The molecule has 0 fully saturated rings. The minimum absolute atomic E-state index is 0.696. The quantitative estimate of drug-likeness (QED) is 0.247. The Kier molecular flexibility index (Phi) is 4.22. The summed E-state index contributed by atoms with van der Waals surface area (Å²) in [4.78, 5) is 0. The van der Waals surface area contributed by atoms with Crippen molar-refractivity contribution in [2.24, 2.45) is 0 Å². The maximum atomic E-state index is 6.84. The fourth-order valence-corrected chi connectivity index (χ4v) is 7.16. The summed E-state index contributed by atoms with van der Waals surface area (Å²) >= 11 is 3.64. The number of anilines is 2. The van der Waals surface area contributed by atoms with E-state index < -0.39 is 0 Å². The standard InChI is InChI=1S/C30H20N2S2/c31-24-12-11-19(17-9-13-27-22(15-17)20-5-1-3-7-25(20)33-27)30(32)29(24)18-10-14-28-23(16-18)21-6-2-4-8-26(21)34-28/h1-16H,31-32H2. The van der Waals surface area contributed by atoms with Crippen molar-refractivity contribution in [3.63, 3.8) is 0 Å². The minimum atomic E-state index is 0.696. The van der Waals surface area contributed by atoms with E-state index in [-0.39, 0.29) is 0 Å². The van der Waals surface area contributed by atoms with Gasteiger partial charge in [-0.05, 0) is 53.6 Å². The third kappa shape index (κ3) is 2.86. The van der Waals surface area contributed by atoms with E-state index in [2.05, 4.69) is 84.9 Å². The van der Waals surface area contributed by atoms with Gasteiger partial charge in [0.2, 0.25) is 0 Å². The Morgan fingerprint density at radius 1 is 0.471 bits per heavy atom. The van der Waals surface area contributed by atoms with Gasteiger partial charge >= 0.3 is 0 Å². The second kappa shape index (κ2) is 7.32. The molecule has 0 atom stereocenters. The first kappa shape index (κ1) is 19.6. The maximum Gasteiger partial charge on any atom is 0.0494 e. The molecule has 0 unspecified atom stereocenters. The van der Waals surface area contributed by atoms with Gasteiger partial charge in [0.05, 0.1) is 0 Å². The van der Waals surface area contributed by atoms with Crippen LogP contribution < -0.4 is 11.5 Å². The molecule has 0 saturated heterocycles. The van der Waals surface area contributed by atoms with Gasteiger partial charge in [-0.1, -0.05) is 54.6 Å². The van der Waals surface area contributed by atoms with E-state index >= 15 is 0 Å². The first-order valence-electron chi connectivity index (χ1n) is 11.2. The summed E-state index contributed by atoms with van der Waals surface area (Å²) in [6.07, 6.45) is 0. The molecule has 0 bridgehead atoms. The van der Waals surface area contributed by atoms with E-state index in [1.54, 1.807) is 0 Å². The summed E-state index contributed by atoms with van der Waals surface area (Å²) in [5, 5.41) is 5.07. The Balaban J connectivity index is 1.43.